The highest BCUT2D eigenvalue weighted by atomic mass is 35.5. The fraction of sp³-hybridized carbons (Fsp3) is 0.273. The van der Waals surface area contributed by atoms with Gasteiger partial charge < -0.3 is 24.7 Å². The second-order valence-electron chi connectivity index (χ2n) is 7.11. The Morgan fingerprint density at radius 3 is 2.71 bits per heavy atom. The normalized spacial score (nSPS) is 11.7. The molecule has 0 radical (unpaired) electrons. The molecule has 0 fully saturated rings. The van der Waals surface area contributed by atoms with E-state index in [1.807, 2.05) is 0 Å². The second-order valence-corrected chi connectivity index (χ2v) is 7.89. The molecule has 0 saturated carbocycles. The van der Waals surface area contributed by atoms with Crippen LogP contribution in [0.5, 0.6) is 5.75 Å². The third-order valence-corrected chi connectivity index (χ3v) is 5.51. The number of nitrogens with zero attached hydrogens (tertiary/aromatic N) is 3. The molecule has 3 aromatic rings. The first-order chi connectivity index (χ1) is 16.2. The molecule has 1 aromatic carbocycles. The van der Waals surface area contributed by atoms with Crippen molar-refractivity contribution in [2.24, 2.45) is 0 Å². The molecule has 3 rings (SSSR count). The van der Waals surface area contributed by atoms with Gasteiger partial charge >= 0.3 is 0 Å². The van der Waals surface area contributed by atoms with Gasteiger partial charge in [0.05, 0.1) is 17.3 Å². The smallest absolute Gasteiger partial charge is 0.276 e. The van der Waals surface area contributed by atoms with Crippen LogP contribution in [0.15, 0.2) is 41.3 Å². The van der Waals surface area contributed by atoms with E-state index in [2.05, 4.69) is 20.8 Å². The maximum atomic E-state index is 13.9. The molecule has 2 aromatic heterocycles. The van der Waals surface area contributed by atoms with E-state index in [-0.39, 0.29) is 38.4 Å². The number of hydrogen-bond acceptors (Lipinski definition) is 7. The number of rotatable bonds is 9. The summed E-state index contributed by atoms with van der Waals surface area (Å²) in [4.78, 5) is 24.7. The predicted molar refractivity (Wildman–Crippen MR) is 128 cm³/mol. The second kappa shape index (κ2) is 11.3. The van der Waals surface area contributed by atoms with Gasteiger partial charge in [0.15, 0.2) is 17.3 Å². The number of hydrogen-bond donors (Lipinski definition) is 2. The molecule has 0 bridgehead atoms. The fourth-order valence-electron chi connectivity index (χ4n) is 3.08. The highest BCUT2D eigenvalue weighted by Crippen LogP contribution is 2.36. The van der Waals surface area contributed by atoms with E-state index < -0.39 is 17.8 Å². The number of methoxy groups -OCH3 is 1. The Labute approximate surface area is 204 Å². The van der Waals surface area contributed by atoms with E-state index in [0.29, 0.717) is 18.8 Å². The number of aromatic nitrogens is 3. The molecule has 0 aliphatic rings. The van der Waals surface area contributed by atoms with Gasteiger partial charge in [-0.05, 0) is 25.1 Å². The van der Waals surface area contributed by atoms with E-state index in [9.17, 15) is 14.0 Å². The average Bonchev–Trinajstić information content (AvgIpc) is 2.82. The van der Waals surface area contributed by atoms with Gasteiger partial charge in [-0.15, -0.1) is 10.2 Å². The molecule has 2 heterocycles. The first-order valence-electron chi connectivity index (χ1n) is 10.1. The Kier molecular flexibility index (Phi) is 8.43. The molecule has 2 N–H and O–H groups in total. The summed E-state index contributed by atoms with van der Waals surface area (Å²) in [6.07, 6.45) is 0.731. The first-order valence-corrected chi connectivity index (χ1v) is 10.9. The van der Waals surface area contributed by atoms with Gasteiger partial charge in [0.2, 0.25) is 0 Å². The number of carbonyl (C=O) groups excluding carboxylic acids is 1. The Bertz CT molecular complexity index is 1250. The number of benzene rings is 1. The lowest BCUT2D eigenvalue weighted by atomic mass is 10.1. The van der Waals surface area contributed by atoms with Crippen molar-refractivity contribution in [2.45, 2.75) is 19.6 Å². The van der Waals surface area contributed by atoms with Crippen LogP contribution in [0, 0.1) is 5.82 Å². The number of nitrogens with one attached hydrogen (secondary N) is 2. The van der Waals surface area contributed by atoms with Crippen molar-refractivity contribution in [3.63, 3.8) is 0 Å². The molecule has 1 atom stereocenters. The van der Waals surface area contributed by atoms with Crippen LogP contribution in [-0.2, 0) is 11.3 Å². The molecule has 1 amide bonds. The monoisotopic (exact) mass is 509 g/mol. The van der Waals surface area contributed by atoms with Crippen molar-refractivity contribution >= 4 is 40.6 Å². The van der Waals surface area contributed by atoms with Gasteiger partial charge in [-0.25, -0.2) is 4.39 Å². The van der Waals surface area contributed by atoms with Crippen LogP contribution >= 0.6 is 23.2 Å². The summed E-state index contributed by atoms with van der Waals surface area (Å²) in [5.74, 6) is -0.784. The summed E-state index contributed by atoms with van der Waals surface area (Å²) in [6.45, 7) is 2.30. The lowest BCUT2D eigenvalue weighted by molar-refractivity contribution is 0.102. The van der Waals surface area contributed by atoms with Crippen LogP contribution in [0.25, 0.3) is 0 Å². The van der Waals surface area contributed by atoms with Crippen LogP contribution < -0.4 is 20.9 Å². The molecular formula is C22H22Cl2FN5O4. The summed E-state index contributed by atoms with van der Waals surface area (Å²) in [5.41, 5.74) is 0.362. The molecular weight excluding hydrogens is 488 g/mol. The minimum Gasteiger partial charge on any atom is -0.482 e. The van der Waals surface area contributed by atoms with Gasteiger partial charge in [-0.1, -0.05) is 23.2 Å². The molecule has 0 aliphatic carbocycles. The van der Waals surface area contributed by atoms with E-state index in [1.54, 1.807) is 14.0 Å². The zero-order valence-corrected chi connectivity index (χ0v) is 20.1. The van der Waals surface area contributed by atoms with Crippen molar-refractivity contribution in [2.75, 3.05) is 31.4 Å². The molecule has 180 valence electrons. The quantitative estimate of drug-likeness (QED) is 0.416. The number of ether oxygens (including phenoxy) is 2. The van der Waals surface area contributed by atoms with Crippen molar-refractivity contribution in [1.29, 1.82) is 0 Å². The predicted octanol–water partition coefficient (Wildman–Crippen LogP) is 4.16. The number of carbonyl (C=O) groups is 1. The third-order valence-electron chi connectivity index (χ3n) is 4.80. The Morgan fingerprint density at radius 1 is 1.24 bits per heavy atom. The minimum atomic E-state index is -0.771. The van der Waals surface area contributed by atoms with Crippen LogP contribution in [0.3, 0.4) is 0 Å². The highest BCUT2D eigenvalue weighted by molar-refractivity contribution is 6.36. The Morgan fingerprint density at radius 2 is 2.00 bits per heavy atom. The average molecular weight is 510 g/mol. The van der Waals surface area contributed by atoms with Gasteiger partial charge in [0, 0.05) is 49.6 Å². The summed E-state index contributed by atoms with van der Waals surface area (Å²) in [5, 5.41) is 13.5. The van der Waals surface area contributed by atoms with Crippen molar-refractivity contribution in [1.82, 2.24) is 14.8 Å². The van der Waals surface area contributed by atoms with Crippen molar-refractivity contribution < 1.29 is 18.7 Å². The van der Waals surface area contributed by atoms with Crippen LogP contribution in [-0.4, -0.2) is 41.4 Å². The van der Waals surface area contributed by atoms with Crippen LogP contribution in [0.1, 0.15) is 29.1 Å². The van der Waals surface area contributed by atoms with Gasteiger partial charge in [0.25, 0.3) is 11.5 Å². The number of halogens is 3. The summed E-state index contributed by atoms with van der Waals surface area (Å²) in [7, 11) is 3.13. The fourth-order valence-corrected chi connectivity index (χ4v) is 3.76. The summed E-state index contributed by atoms with van der Waals surface area (Å²) < 4.78 is 26.3. The molecule has 0 saturated heterocycles. The SMILES string of the molecule is CNc1nnc(C(=O)Nc2ccc(=O)n(CCOC)c2)cc1OC(C)c1c(Cl)ccc(F)c1Cl. The molecule has 0 aliphatic heterocycles. The molecule has 0 spiro atoms. The van der Waals surface area contributed by atoms with Crippen molar-refractivity contribution in [3.8, 4) is 5.75 Å². The zero-order chi connectivity index (χ0) is 24.8. The standard InChI is InChI=1S/C22H22Cl2FN5O4/c1-12(19-14(23)5-6-15(25)20(19)24)34-17-10-16(28-29-21(17)26-2)22(32)27-13-4-7-18(31)30(11-13)8-9-33-3/h4-7,10-12H,8-9H2,1-3H3,(H,26,29)(H,27,32). The molecule has 34 heavy (non-hydrogen) atoms. The van der Waals surface area contributed by atoms with Crippen molar-refractivity contribution in [3.05, 3.63) is 74.0 Å². The first kappa shape index (κ1) is 25.4. The summed E-state index contributed by atoms with van der Waals surface area (Å²) >= 11 is 12.3. The largest absolute Gasteiger partial charge is 0.482 e. The maximum absolute atomic E-state index is 13.9. The van der Waals surface area contributed by atoms with Gasteiger partial charge in [0.1, 0.15) is 11.9 Å². The van der Waals surface area contributed by atoms with Gasteiger partial charge in [-0.3, -0.25) is 9.59 Å². The Balaban J connectivity index is 1.85. The lowest BCUT2D eigenvalue weighted by Gasteiger charge is -2.19. The highest BCUT2D eigenvalue weighted by Gasteiger charge is 2.21. The van der Waals surface area contributed by atoms with E-state index in [1.165, 1.54) is 42.1 Å². The van der Waals surface area contributed by atoms with E-state index in [0.717, 1.165) is 6.07 Å². The number of anilines is 2. The topological polar surface area (TPSA) is 107 Å². The zero-order valence-electron chi connectivity index (χ0n) is 18.6. The third kappa shape index (κ3) is 5.82. The Hall–Kier alpha value is -3.21. The van der Waals surface area contributed by atoms with E-state index >= 15 is 0 Å². The maximum Gasteiger partial charge on any atom is 0.276 e. The lowest BCUT2D eigenvalue weighted by Crippen LogP contribution is -2.22. The van der Waals surface area contributed by atoms with Crippen LogP contribution in [0.4, 0.5) is 15.9 Å². The van der Waals surface area contributed by atoms with E-state index in [4.69, 9.17) is 32.7 Å². The minimum absolute atomic E-state index is 0.0488. The summed E-state index contributed by atoms with van der Waals surface area (Å²) in [6, 6.07) is 6.74. The van der Waals surface area contributed by atoms with Gasteiger partial charge in [-0.2, -0.15) is 0 Å². The number of amides is 1. The molecule has 1 unspecified atom stereocenters. The molecule has 12 heteroatoms. The number of pyridine rings is 1. The van der Waals surface area contributed by atoms with Crippen LogP contribution in [0.2, 0.25) is 10.0 Å². The molecule has 9 nitrogen and oxygen atoms in total.